The van der Waals surface area contributed by atoms with Crippen LogP contribution in [0.5, 0.6) is 0 Å². The van der Waals surface area contributed by atoms with Gasteiger partial charge in [-0.05, 0) is 12.0 Å². The quantitative estimate of drug-likeness (QED) is 0.693. The molecular formula is C11H22N4O2S. The minimum absolute atomic E-state index is 0.109. The lowest BCUT2D eigenvalue weighted by Crippen LogP contribution is -2.35. The van der Waals surface area contributed by atoms with Gasteiger partial charge in [0.2, 0.25) is 10.0 Å². The Morgan fingerprint density at radius 2 is 2.11 bits per heavy atom. The largest absolute Gasteiger partial charge is 0.313 e. The predicted octanol–water partition coefficient (Wildman–Crippen LogP) is -0.120. The highest BCUT2D eigenvalue weighted by molar-refractivity contribution is 7.89. The van der Waals surface area contributed by atoms with Crippen LogP contribution in [0.25, 0.3) is 0 Å². The molecule has 0 aliphatic rings. The van der Waals surface area contributed by atoms with Gasteiger partial charge in [-0.15, -0.1) is 0 Å². The summed E-state index contributed by atoms with van der Waals surface area (Å²) in [5.41, 5.74) is 1.03. The van der Waals surface area contributed by atoms with Gasteiger partial charge >= 0.3 is 0 Å². The summed E-state index contributed by atoms with van der Waals surface area (Å²) in [5.74, 6) is 0.109. The molecule has 1 aromatic rings. The van der Waals surface area contributed by atoms with Gasteiger partial charge in [0.05, 0.1) is 11.9 Å². The Kier molecular flexibility index (Phi) is 5.77. The van der Waals surface area contributed by atoms with Crippen molar-refractivity contribution in [2.24, 2.45) is 7.05 Å². The van der Waals surface area contributed by atoms with E-state index in [0.717, 1.165) is 5.56 Å². The van der Waals surface area contributed by atoms with Crippen molar-refractivity contribution in [1.29, 1.82) is 0 Å². The van der Waals surface area contributed by atoms with Crippen molar-refractivity contribution in [3.05, 3.63) is 18.0 Å². The monoisotopic (exact) mass is 274 g/mol. The first-order valence-electron chi connectivity index (χ1n) is 6.07. The fourth-order valence-corrected chi connectivity index (χ4v) is 2.45. The van der Waals surface area contributed by atoms with Gasteiger partial charge in [-0.25, -0.2) is 13.1 Å². The second-order valence-corrected chi connectivity index (χ2v) is 6.52. The summed E-state index contributed by atoms with van der Waals surface area (Å²) >= 11 is 0. The molecule has 7 heteroatoms. The van der Waals surface area contributed by atoms with Crippen molar-refractivity contribution in [2.45, 2.75) is 26.3 Å². The zero-order valence-electron chi connectivity index (χ0n) is 11.2. The summed E-state index contributed by atoms with van der Waals surface area (Å²) < 4.78 is 27.6. The smallest absolute Gasteiger partial charge is 0.212 e. The first-order chi connectivity index (χ1) is 8.39. The van der Waals surface area contributed by atoms with E-state index in [4.69, 9.17) is 0 Å². The standard InChI is InChI=1S/C11H22N4O2S/c1-10(2)12-6-7-18(16,17)14-5-4-11-8-13-15(3)9-11/h8-10,12,14H,4-7H2,1-3H3. The van der Waals surface area contributed by atoms with Crippen molar-refractivity contribution in [2.75, 3.05) is 18.8 Å². The molecule has 6 nitrogen and oxygen atoms in total. The number of sulfonamides is 1. The summed E-state index contributed by atoms with van der Waals surface area (Å²) in [7, 11) is -1.34. The number of aromatic nitrogens is 2. The Bertz CT molecular complexity index is 453. The SMILES string of the molecule is CC(C)NCCS(=O)(=O)NCCc1cnn(C)c1. The topological polar surface area (TPSA) is 76.0 Å². The third-order valence-electron chi connectivity index (χ3n) is 2.42. The van der Waals surface area contributed by atoms with E-state index in [1.54, 1.807) is 10.9 Å². The van der Waals surface area contributed by atoms with Crippen LogP contribution in [0.4, 0.5) is 0 Å². The summed E-state index contributed by atoms with van der Waals surface area (Å²) in [6.07, 6.45) is 4.29. The van der Waals surface area contributed by atoms with E-state index in [-0.39, 0.29) is 5.75 Å². The molecule has 1 aromatic heterocycles. The number of aryl methyl sites for hydroxylation is 1. The molecule has 0 radical (unpaired) electrons. The Balaban J connectivity index is 2.25. The summed E-state index contributed by atoms with van der Waals surface area (Å²) in [4.78, 5) is 0. The maximum absolute atomic E-state index is 11.6. The van der Waals surface area contributed by atoms with E-state index in [0.29, 0.717) is 25.6 Å². The number of hydrogen-bond donors (Lipinski definition) is 2. The van der Waals surface area contributed by atoms with E-state index < -0.39 is 10.0 Å². The molecule has 0 spiro atoms. The summed E-state index contributed by atoms with van der Waals surface area (Å²) in [5, 5.41) is 7.11. The van der Waals surface area contributed by atoms with Crippen LogP contribution in [0, 0.1) is 0 Å². The molecule has 0 saturated carbocycles. The van der Waals surface area contributed by atoms with Gasteiger partial charge in [0.1, 0.15) is 0 Å². The van der Waals surface area contributed by atoms with Crippen molar-refractivity contribution in [3.8, 4) is 0 Å². The summed E-state index contributed by atoms with van der Waals surface area (Å²) in [6, 6.07) is 0.301. The fraction of sp³-hybridized carbons (Fsp3) is 0.727. The van der Waals surface area contributed by atoms with E-state index in [9.17, 15) is 8.42 Å². The second kappa shape index (κ2) is 6.86. The van der Waals surface area contributed by atoms with Crippen LogP contribution in [-0.2, 0) is 23.5 Å². The van der Waals surface area contributed by atoms with Crippen LogP contribution in [-0.4, -0.2) is 43.1 Å². The van der Waals surface area contributed by atoms with E-state index in [2.05, 4.69) is 15.1 Å². The average Bonchev–Trinajstić information content (AvgIpc) is 2.63. The molecule has 1 rings (SSSR count). The van der Waals surface area contributed by atoms with Crippen molar-refractivity contribution >= 4 is 10.0 Å². The molecule has 104 valence electrons. The normalized spacial score (nSPS) is 12.2. The van der Waals surface area contributed by atoms with Crippen LogP contribution in [0.2, 0.25) is 0 Å². The Labute approximate surface area is 109 Å². The minimum atomic E-state index is -3.18. The van der Waals surface area contributed by atoms with Gasteiger partial charge in [-0.2, -0.15) is 5.10 Å². The highest BCUT2D eigenvalue weighted by Gasteiger charge is 2.09. The first-order valence-corrected chi connectivity index (χ1v) is 7.72. The molecule has 18 heavy (non-hydrogen) atoms. The lowest BCUT2D eigenvalue weighted by molar-refractivity contribution is 0.567. The Morgan fingerprint density at radius 1 is 1.39 bits per heavy atom. The van der Waals surface area contributed by atoms with Crippen LogP contribution < -0.4 is 10.0 Å². The van der Waals surface area contributed by atoms with E-state index in [1.165, 1.54) is 0 Å². The molecule has 0 aliphatic heterocycles. The van der Waals surface area contributed by atoms with Gasteiger partial charge in [-0.3, -0.25) is 4.68 Å². The molecule has 2 N–H and O–H groups in total. The van der Waals surface area contributed by atoms with Crippen LogP contribution >= 0.6 is 0 Å². The average molecular weight is 274 g/mol. The zero-order chi connectivity index (χ0) is 13.6. The molecule has 0 fully saturated rings. The molecular weight excluding hydrogens is 252 g/mol. The van der Waals surface area contributed by atoms with Gasteiger partial charge in [-0.1, -0.05) is 13.8 Å². The number of nitrogens with one attached hydrogen (secondary N) is 2. The van der Waals surface area contributed by atoms with Crippen LogP contribution in [0.3, 0.4) is 0 Å². The number of rotatable bonds is 8. The van der Waals surface area contributed by atoms with Crippen LogP contribution in [0.1, 0.15) is 19.4 Å². The minimum Gasteiger partial charge on any atom is -0.313 e. The first kappa shape index (κ1) is 15.1. The highest BCUT2D eigenvalue weighted by Crippen LogP contribution is 1.96. The van der Waals surface area contributed by atoms with Crippen LogP contribution in [0.15, 0.2) is 12.4 Å². The third-order valence-corrected chi connectivity index (χ3v) is 3.80. The molecule has 0 atom stereocenters. The van der Waals surface area contributed by atoms with Gasteiger partial charge in [0.15, 0.2) is 0 Å². The van der Waals surface area contributed by atoms with E-state index >= 15 is 0 Å². The predicted molar refractivity (Wildman–Crippen MR) is 71.8 cm³/mol. The molecule has 0 aliphatic carbocycles. The lowest BCUT2D eigenvalue weighted by Gasteiger charge is -2.09. The molecule has 0 aromatic carbocycles. The van der Waals surface area contributed by atoms with Crippen molar-refractivity contribution in [1.82, 2.24) is 19.8 Å². The van der Waals surface area contributed by atoms with Gasteiger partial charge in [0.25, 0.3) is 0 Å². The van der Waals surface area contributed by atoms with Gasteiger partial charge < -0.3 is 5.32 Å². The molecule has 0 saturated heterocycles. The number of nitrogens with zero attached hydrogens (tertiary/aromatic N) is 2. The van der Waals surface area contributed by atoms with E-state index in [1.807, 2.05) is 27.1 Å². The molecule has 0 bridgehead atoms. The molecule has 0 amide bonds. The third kappa shape index (κ3) is 6.13. The molecule has 0 unspecified atom stereocenters. The van der Waals surface area contributed by atoms with Crippen molar-refractivity contribution in [3.63, 3.8) is 0 Å². The molecule has 1 heterocycles. The number of hydrogen-bond acceptors (Lipinski definition) is 4. The van der Waals surface area contributed by atoms with Crippen molar-refractivity contribution < 1.29 is 8.42 Å². The maximum Gasteiger partial charge on any atom is 0.212 e. The Morgan fingerprint density at radius 3 is 2.67 bits per heavy atom. The zero-order valence-corrected chi connectivity index (χ0v) is 12.0. The summed E-state index contributed by atoms with van der Waals surface area (Å²) in [6.45, 7) is 4.86. The highest BCUT2D eigenvalue weighted by atomic mass is 32.2. The fourth-order valence-electron chi connectivity index (χ4n) is 1.51. The second-order valence-electron chi connectivity index (χ2n) is 4.59. The Hall–Kier alpha value is -0.920. The lowest BCUT2D eigenvalue weighted by atomic mass is 10.3. The maximum atomic E-state index is 11.6. The van der Waals surface area contributed by atoms with Gasteiger partial charge in [0, 0.05) is 32.4 Å².